The fraction of sp³-hybridized carbons (Fsp3) is 0.172. The number of ketones is 1. The van der Waals surface area contributed by atoms with E-state index < -0.39 is 6.04 Å². The number of benzene rings is 3. The fourth-order valence-electron chi connectivity index (χ4n) is 4.45. The van der Waals surface area contributed by atoms with Crippen LogP contribution in [-0.4, -0.2) is 27.1 Å². The van der Waals surface area contributed by atoms with E-state index in [4.69, 9.17) is 11.6 Å². The molecule has 0 aliphatic carbocycles. The Balaban J connectivity index is 1.42. The highest BCUT2D eigenvalue weighted by Gasteiger charge is 2.25. The van der Waals surface area contributed by atoms with E-state index in [1.54, 1.807) is 4.68 Å². The lowest BCUT2D eigenvalue weighted by Crippen LogP contribution is -2.31. The van der Waals surface area contributed by atoms with Gasteiger partial charge in [-0.05, 0) is 40.8 Å². The van der Waals surface area contributed by atoms with Gasteiger partial charge in [-0.25, -0.2) is 0 Å². The van der Waals surface area contributed by atoms with Gasteiger partial charge in [-0.2, -0.15) is 5.10 Å². The summed E-state index contributed by atoms with van der Waals surface area (Å²) in [5.74, 6) is 0.260. The quantitative estimate of drug-likeness (QED) is 0.247. The molecule has 0 fully saturated rings. The third-order valence-electron chi connectivity index (χ3n) is 6.45. The smallest absolute Gasteiger partial charge is 0.186 e. The van der Waals surface area contributed by atoms with Crippen molar-refractivity contribution in [2.24, 2.45) is 7.05 Å². The molecule has 0 amide bonds. The summed E-state index contributed by atoms with van der Waals surface area (Å²) in [7, 11) is 1.90. The number of fused-ring (bicyclic) bond motifs is 1. The number of carbonyl (C=O) groups is 1. The summed E-state index contributed by atoms with van der Waals surface area (Å²) in [5.41, 5.74) is 5.82. The normalized spacial score (nSPS) is 13.1. The van der Waals surface area contributed by atoms with E-state index >= 15 is 0 Å². The van der Waals surface area contributed by atoms with E-state index in [2.05, 4.69) is 28.4 Å². The van der Waals surface area contributed by atoms with E-state index in [-0.39, 0.29) is 11.7 Å². The van der Waals surface area contributed by atoms with Gasteiger partial charge in [-0.15, -0.1) is 0 Å². The van der Waals surface area contributed by atoms with Crippen LogP contribution in [0.2, 0.25) is 5.02 Å². The SMILES string of the molecule is C[C@H](CN[C@H](C(=O)c1c[nH]c2cc(-c3cnn(C)c3)ccc12)c1ccccc1)c1ccc(Cl)cc1. The standard InChI is InChI=1S/C29H27ClN4O/c1-19(20-8-11-24(30)12-9-20)15-32-28(21-6-4-3-5-7-21)29(35)26-17-31-27-14-22(10-13-25(26)27)23-16-33-34(2)18-23/h3-14,16-19,28,31-32H,15H2,1-2H3/t19-,28+/m1/s1. The lowest BCUT2D eigenvalue weighted by molar-refractivity contribution is 0.0944. The van der Waals surface area contributed by atoms with Gasteiger partial charge in [0.25, 0.3) is 0 Å². The molecule has 35 heavy (non-hydrogen) atoms. The Morgan fingerprint density at radius 2 is 1.80 bits per heavy atom. The zero-order valence-corrected chi connectivity index (χ0v) is 20.5. The third-order valence-corrected chi connectivity index (χ3v) is 6.70. The monoisotopic (exact) mass is 482 g/mol. The molecule has 5 aromatic rings. The molecule has 3 aromatic carbocycles. The van der Waals surface area contributed by atoms with Gasteiger partial charge in [-0.3, -0.25) is 9.48 Å². The van der Waals surface area contributed by atoms with Gasteiger partial charge in [0.05, 0.1) is 12.2 Å². The molecule has 6 heteroatoms. The number of aromatic nitrogens is 3. The molecule has 0 saturated heterocycles. The molecule has 2 N–H and O–H groups in total. The van der Waals surface area contributed by atoms with E-state index in [0.29, 0.717) is 12.1 Å². The Morgan fingerprint density at radius 1 is 1.03 bits per heavy atom. The molecule has 0 radical (unpaired) electrons. The van der Waals surface area contributed by atoms with Crippen molar-refractivity contribution in [1.29, 1.82) is 0 Å². The minimum absolute atomic E-state index is 0.0416. The van der Waals surface area contributed by atoms with Crippen LogP contribution >= 0.6 is 11.6 Å². The maximum absolute atomic E-state index is 13.9. The predicted molar refractivity (Wildman–Crippen MR) is 142 cm³/mol. The van der Waals surface area contributed by atoms with Gasteiger partial charge in [0.2, 0.25) is 0 Å². The van der Waals surface area contributed by atoms with Gasteiger partial charge in [0.15, 0.2) is 5.78 Å². The van der Waals surface area contributed by atoms with Gasteiger partial charge >= 0.3 is 0 Å². The Bertz CT molecular complexity index is 1450. The molecule has 0 spiro atoms. The van der Waals surface area contributed by atoms with Crippen molar-refractivity contribution in [2.45, 2.75) is 18.9 Å². The molecule has 0 bridgehead atoms. The van der Waals surface area contributed by atoms with Crippen LogP contribution in [0.25, 0.3) is 22.0 Å². The lowest BCUT2D eigenvalue weighted by Gasteiger charge is -2.21. The maximum Gasteiger partial charge on any atom is 0.186 e. The summed E-state index contributed by atoms with van der Waals surface area (Å²) in [4.78, 5) is 17.2. The molecule has 0 aliphatic heterocycles. The number of aryl methyl sites for hydroxylation is 1. The Labute approximate surface area is 209 Å². The average molecular weight is 483 g/mol. The summed E-state index contributed by atoms with van der Waals surface area (Å²) in [5, 5.41) is 9.43. The summed E-state index contributed by atoms with van der Waals surface area (Å²) >= 11 is 6.05. The number of halogens is 1. The predicted octanol–water partition coefficient (Wildman–Crippen LogP) is 6.54. The van der Waals surface area contributed by atoms with Crippen LogP contribution in [0.1, 0.15) is 40.4 Å². The van der Waals surface area contributed by atoms with Gasteiger partial charge in [0.1, 0.15) is 0 Å². The number of nitrogens with zero attached hydrogens (tertiary/aromatic N) is 2. The van der Waals surface area contributed by atoms with Crippen LogP contribution in [0.3, 0.4) is 0 Å². The molecule has 5 nitrogen and oxygen atoms in total. The zero-order chi connectivity index (χ0) is 24.4. The van der Waals surface area contributed by atoms with E-state index in [0.717, 1.165) is 32.6 Å². The fourth-order valence-corrected chi connectivity index (χ4v) is 4.57. The first-order valence-electron chi connectivity index (χ1n) is 11.7. The van der Waals surface area contributed by atoms with E-state index in [1.165, 1.54) is 5.56 Å². The Kier molecular flexibility index (Phi) is 6.53. The van der Waals surface area contributed by atoms with Crippen molar-refractivity contribution >= 4 is 28.3 Å². The van der Waals surface area contributed by atoms with Crippen molar-refractivity contribution in [3.05, 3.63) is 113 Å². The first kappa shape index (κ1) is 23.1. The van der Waals surface area contributed by atoms with Crippen molar-refractivity contribution < 1.29 is 4.79 Å². The van der Waals surface area contributed by atoms with Crippen molar-refractivity contribution in [3.8, 4) is 11.1 Å². The maximum atomic E-state index is 13.9. The Morgan fingerprint density at radius 3 is 2.51 bits per heavy atom. The molecule has 0 unspecified atom stereocenters. The molecule has 0 aliphatic rings. The second-order valence-corrected chi connectivity index (χ2v) is 9.37. The van der Waals surface area contributed by atoms with E-state index in [1.807, 2.05) is 92.4 Å². The van der Waals surface area contributed by atoms with Crippen LogP contribution in [0.5, 0.6) is 0 Å². The van der Waals surface area contributed by atoms with Crippen LogP contribution in [0.15, 0.2) is 91.4 Å². The molecular weight excluding hydrogens is 456 g/mol. The Hall–Kier alpha value is -3.67. The highest BCUT2D eigenvalue weighted by Crippen LogP contribution is 2.29. The molecule has 0 saturated carbocycles. The summed E-state index contributed by atoms with van der Waals surface area (Å²) < 4.78 is 1.78. The second kappa shape index (κ2) is 9.90. The molecule has 5 rings (SSSR count). The first-order valence-corrected chi connectivity index (χ1v) is 12.1. The zero-order valence-electron chi connectivity index (χ0n) is 19.7. The average Bonchev–Trinajstić information content (AvgIpc) is 3.51. The molecule has 176 valence electrons. The van der Waals surface area contributed by atoms with E-state index in [9.17, 15) is 4.79 Å². The van der Waals surface area contributed by atoms with Crippen molar-refractivity contribution in [3.63, 3.8) is 0 Å². The van der Waals surface area contributed by atoms with Crippen LogP contribution < -0.4 is 5.32 Å². The van der Waals surface area contributed by atoms with Crippen LogP contribution in [0.4, 0.5) is 0 Å². The topological polar surface area (TPSA) is 62.7 Å². The largest absolute Gasteiger partial charge is 0.360 e. The number of Topliss-reactive ketones (excluding diaryl/α,β-unsaturated/α-hetero) is 1. The molecular formula is C29H27ClN4O. The number of hydrogen-bond donors (Lipinski definition) is 2. The van der Waals surface area contributed by atoms with Gasteiger partial charge in [-0.1, -0.05) is 73.1 Å². The third kappa shape index (κ3) is 4.92. The van der Waals surface area contributed by atoms with Crippen molar-refractivity contribution in [1.82, 2.24) is 20.1 Å². The summed E-state index contributed by atoms with van der Waals surface area (Å²) in [6.07, 6.45) is 5.64. The number of aromatic amines is 1. The van der Waals surface area contributed by atoms with Crippen LogP contribution in [0, 0.1) is 0 Å². The molecule has 2 atom stereocenters. The number of hydrogen-bond acceptors (Lipinski definition) is 3. The minimum atomic E-state index is -0.456. The highest BCUT2D eigenvalue weighted by atomic mass is 35.5. The lowest BCUT2D eigenvalue weighted by atomic mass is 9.95. The second-order valence-electron chi connectivity index (χ2n) is 8.93. The number of nitrogens with one attached hydrogen (secondary N) is 2. The van der Waals surface area contributed by atoms with Gasteiger partial charge in [0, 0.05) is 53.0 Å². The minimum Gasteiger partial charge on any atom is -0.360 e. The van der Waals surface area contributed by atoms with Crippen molar-refractivity contribution in [2.75, 3.05) is 6.54 Å². The molecule has 2 aromatic heterocycles. The highest BCUT2D eigenvalue weighted by molar-refractivity contribution is 6.30. The van der Waals surface area contributed by atoms with Gasteiger partial charge < -0.3 is 10.3 Å². The number of H-pyrrole nitrogens is 1. The molecule has 2 heterocycles. The first-order chi connectivity index (χ1) is 17.0. The number of rotatable bonds is 8. The van der Waals surface area contributed by atoms with Crippen LogP contribution in [-0.2, 0) is 7.05 Å². The summed E-state index contributed by atoms with van der Waals surface area (Å²) in [6.45, 7) is 2.80. The summed E-state index contributed by atoms with van der Waals surface area (Å²) in [6, 6.07) is 23.4. The number of carbonyl (C=O) groups excluding carboxylic acids is 1.